The van der Waals surface area contributed by atoms with Gasteiger partial charge in [-0.1, -0.05) is 29.8 Å². The summed E-state index contributed by atoms with van der Waals surface area (Å²) in [5.74, 6) is -0.120. The van der Waals surface area contributed by atoms with Crippen molar-refractivity contribution >= 4 is 23.4 Å². The van der Waals surface area contributed by atoms with Crippen molar-refractivity contribution in [1.82, 2.24) is 10.9 Å². The van der Waals surface area contributed by atoms with Crippen molar-refractivity contribution in [3.8, 4) is 17.6 Å². The number of hydrazine groups is 1. The zero-order valence-electron chi connectivity index (χ0n) is 13.7. The Hall–Kier alpha value is -3.24. The van der Waals surface area contributed by atoms with Gasteiger partial charge in [0.1, 0.15) is 17.6 Å². The third kappa shape index (κ3) is 6.34. The number of para-hydroxylation sites is 1. The fraction of sp³-hybridized carbons (Fsp3) is 0.167. The first-order chi connectivity index (χ1) is 12.6. The molecular formula is C18H16ClN3O4. The highest BCUT2D eigenvalue weighted by molar-refractivity contribution is 6.30. The molecule has 2 amide bonds. The number of amides is 2. The smallest absolute Gasteiger partial charge is 0.276 e. The lowest BCUT2D eigenvalue weighted by molar-refractivity contribution is -0.130. The summed E-state index contributed by atoms with van der Waals surface area (Å²) in [4.78, 5) is 23.3. The molecule has 0 aliphatic heterocycles. The first kappa shape index (κ1) is 19.1. The van der Waals surface area contributed by atoms with Crippen LogP contribution in [0, 0.1) is 11.3 Å². The van der Waals surface area contributed by atoms with Crippen LogP contribution in [0.1, 0.15) is 12.0 Å². The van der Waals surface area contributed by atoms with E-state index in [2.05, 4.69) is 10.9 Å². The molecule has 0 saturated heterocycles. The van der Waals surface area contributed by atoms with Gasteiger partial charge in [0.15, 0.2) is 6.61 Å². The van der Waals surface area contributed by atoms with E-state index in [-0.39, 0.29) is 19.6 Å². The van der Waals surface area contributed by atoms with E-state index < -0.39 is 11.8 Å². The molecule has 0 aliphatic rings. The Kier molecular flexibility index (Phi) is 7.28. The highest BCUT2D eigenvalue weighted by Crippen LogP contribution is 2.17. The topological polar surface area (TPSA) is 100 Å². The number of carbonyl (C=O) groups excluding carboxylic acids is 2. The summed E-state index contributed by atoms with van der Waals surface area (Å²) in [7, 11) is 0. The summed E-state index contributed by atoms with van der Waals surface area (Å²) >= 11 is 5.83. The predicted octanol–water partition coefficient (Wildman–Crippen LogP) is 2.21. The average Bonchev–Trinajstić information content (AvgIpc) is 2.65. The van der Waals surface area contributed by atoms with Crippen molar-refractivity contribution in [2.45, 2.75) is 6.42 Å². The second kappa shape index (κ2) is 9.91. The van der Waals surface area contributed by atoms with Crippen molar-refractivity contribution in [1.29, 1.82) is 5.26 Å². The Morgan fingerprint density at radius 2 is 1.81 bits per heavy atom. The number of ether oxygens (including phenoxy) is 2. The van der Waals surface area contributed by atoms with Gasteiger partial charge < -0.3 is 9.47 Å². The third-order valence-electron chi connectivity index (χ3n) is 3.10. The second-order valence-electron chi connectivity index (χ2n) is 5.05. The van der Waals surface area contributed by atoms with Gasteiger partial charge in [-0.05, 0) is 30.3 Å². The largest absolute Gasteiger partial charge is 0.493 e. The lowest BCUT2D eigenvalue weighted by atomic mass is 10.2. The summed E-state index contributed by atoms with van der Waals surface area (Å²) in [6.45, 7) is -0.202. The molecule has 2 N–H and O–H groups in total. The fourth-order valence-corrected chi connectivity index (χ4v) is 2.06. The van der Waals surface area contributed by atoms with Gasteiger partial charge in [0.2, 0.25) is 5.91 Å². The van der Waals surface area contributed by atoms with Gasteiger partial charge in [0.05, 0.1) is 18.6 Å². The highest BCUT2D eigenvalue weighted by Gasteiger charge is 2.08. The van der Waals surface area contributed by atoms with Crippen LogP contribution in [-0.4, -0.2) is 25.0 Å². The highest BCUT2D eigenvalue weighted by atomic mass is 35.5. The molecule has 8 heteroatoms. The van der Waals surface area contributed by atoms with Crippen molar-refractivity contribution in [3.63, 3.8) is 0 Å². The maximum absolute atomic E-state index is 11.7. The van der Waals surface area contributed by atoms with Crippen LogP contribution in [0.2, 0.25) is 5.02 Å². The number of halogens is 1. The zero-order valence-corrected chi connectivity index (χ0v) is 14.5. The summed E-state index contributed by atoms with van der Waals surface area (Å²) in [5, 5.41) is 9.47. The Morgan fingerprint density at radius 1 is 1.04 bits per heavy atom. The van der Waals surface area contributed by atoms with Crippen LogP contribution in [0.25, 0.3) is 0 Å². The minimum atomic E-state index is -0.554. The van der Waals surface area contributed by atoms with Crippen molar-refractivity contribution in [2.24, 2.45) is 0 Å². The Morgan fingerprint density at radius 3 is 2.58 bits per heavy atom. The maximum atomic E-state index is 11.7. The van der Waals surface area contributed by atoms with E-state index in [1.807, 2.05) is 6.07 Å². The molecule has 2 aromatic carbocycles. The molecule has 0 aromatic heterocycles. The monoisotopic (exact) mass is 373 g/mol. The van der Waals surface area contributed by atoms with Gasteiger partial charge in [0.25, 0.3) is 5.91 Å². The molecule has 2 aromatic rings. The number of carbonyl (C=O) groups is 2. The van der Waals surface area contributed by atoms with Gasteiger partial charge in [0, 0.05) is 5.02 Å². The van der Waals surface area contributed by atoms with Crippen LogP contribution in [0.5, 0.6) is 11.5 Å². The SMILES string of the molecule is N#Cc1ccccc1OCC(=O)NNC(=O)CCOc1cccc(Cl)c1. The van der Waals surface area contributed by atoms with Crippen LogP contribution in [0.4, 0.5) is 0 Å². The van der Waals surface area contributed by atoms with Crippen LogP contribution in [0.3, 0.4) is 0 Å². The van der Waals surface area contributed by atoms with E-state index in [1.165, 1.54) is 0 Å². The third-order valence-corrected chi connectivity index (χ3v) is 3.34. The van der Waals surface area contributed by atoms with Gasteiger partial charge in [-0.2, -0.15) is 5.26 Å². The van der Waals surface area contributed by atoms with E-state index >= 15 is 0 Å². The van der Waals surface area contributed by atoms with Gasteiger partial charge in [-0.3, -0.25) is 20.4 Å². The van der Waals surface area contributed by atoms with Gasteiger partial charge in [-0.25, -0.2) is 0 Å². The van der Waals surface area contributed by atoms with Gasteiger partial charge >= 0.3 is 0 Å². The van der Waals surface area contributed by atoms with Crippen molar-refractivity contribution < 1.29 is 19.1 Å². The maximum Gasteiger partial charge on any atom is 0.276 e. The summed E-state index contributed by atoms with van der Waals surface area (Å²) in [6.07, 6.45) is 0.0465. The van der Waals surface area contributed by atoms with E-state index in [0.29, 0.717) is 22.1 Å². The minimum Gasteiger partial charge on any atom is -0.493 e. The quantitative estimate of drug-likeness (QED) is 0.725. The second-order valence-corrected chi connectivity index (χ2v) is 5.49. The number of hydrogen-bond donors (Lipinski definition) is 2. The molecule has 0 aliphatic carbocycles. The lowest BCUT2D eigenvalue weighted by Gasteiger charge is -2.10. The first-order valence-electron chi connectivity index (χ1n) is 7.66. The fourth-order valence-electron chi connectivity index (χ4n) is 1.88. The molecule has 0 radical (unpaired) electrons. The summed E-state index contributed by atoms with van der Waals surface area (Å²) in [6, 6.07) is 15.3. The Bertz CT molecular complexity index is 820. The number of nitrogens with one attached hydrogen (secondary N) is 2. The van der Waals surface area contributed by atoms with Crippen molar-refractivity contribution in [3.05, 3.63) is 59.1 Å². The summed E-state index contributed by atoms with van der Waals surface area (Å²) in [5.41, 5.74) is 4.80. The molecule has 2 rings (SSSR count). The average molecular weight is 374 g/mol. The minimum absolute atomic E-state index is 0.0465. The van der Waals surface area contributed by atoms with Crippen LogP contribution >= 0.6 is 11.6 Å². The number of nitrogens with zero attached hydrogens (tertiary/aromatic N) is 1. The number of rotatable bonds is 7. The number of benzene rings is 2. The molecule has 7 nitrogen and oxygen atoms in total. The predicted molar refractivity (Wildman–Crippen MR) is 94.5 cm³/mol. The Labute approximate surface area is 155 Å². The number of hydrogen-bond acceptors (Lipinski definition) is 5. The number of nitriles is 1. The van der Waals surface area contributed by atoms with E-state index in [1.54, 1.807) is 48.5 Å². The molecule has 0 bridgehead atoms. The standard InChI is InChI=1S/C18H16ClN3O4/c19-14-5-3-6-15(10-14)25-9-8-17(23)21-22-18(24)12-26-16-7-2-1-4-13(16)11-20/h1-7,10H,8-9,12H2,(H,21,23)(H,22,24). The Balaban J connectivity index is 1.65. The molecule has 0 fully saturated rings. The zero-order chi connectivity index (χ0) is 18.8. The first-order valence-corrected chi connectivity index (χ1v) is 8.04. The van der Waals surface area contributed by atoms with Crippen LogP contribution in [-0.2, 0) is 9.59 Å². The van der Waals surface area contributed by atoms with Crippen LogP contribution in [0.15, 0.2) is 48.5 Å². The normalized spacial score (nSPS) is 9.69. The van der Waals surface area contributed by atoms with Crippen LogP contribution < -0.4 is 20.3 Å². The molecule has 0 spiro atoms. The molecular weight excluding hydrogens is 358 g/mol. The molecule has 0 unspecified atom stereocenters. The molecule has 26 heavy (non-hydrogen) atoms. The summed E-state index contributed by atoms with van der Waals surface area (Å²) < 4.78 is 10.6. The van der Waals surface area contributed by atoms with Crippen molar-refractivity contribution in [2.75, 3.05) is 13.2 Å². The van der Waals surface area contributed by atoms with E-state index in [9.17, 15) is 9.59 Å². The molecule has 0 heterocycles. The van der Waals surface area contributed by atoms with E-state index in [4.69, 9.17) is 26.3 Å². The lowest BCUT2D eigenvalue weighted by Crippen LogP contribution is -2.44. The van der Waals surface area contributed by atoms with Gasteiger partial charge in [-0.15, -0.1) is 0 Å². The molecule has 0 atom stereocenters. The van der Waals surface area contributed by atoms with E-state index in [0.717, 1.165) is 0 Å². The molecule has 0 saturated carbocycles. The molecule has 134 valence electrons.